The van der Waals surface area contributed by atoms with Gasteiger partial charge in [-0.2, -0.15) is 21.6 Å². The van der Waals surface area contributed by atoms with Crippen molar-refractivity contribution in [2.24, 2.45) is 0 Å². The van der Waals surface area contributed by atoms with E-state index in [0.717, 1.165) is 23.3 Å². The number of carbonyl (C=O) groups is 1. The topological polar surface area (TPSA) is 114 Å². The molecule has 2 aromatic carbocycles. The van der Waals surface area contributed by atoms with E-state index in [2.05, 4.69) is 36.3 Å². The van der Waals surface area contributed by atoms with Crippen LogP contribution in [0.25, 0.3) is 11.5 Å². The van der Waals surface area contributed by atoms with E-state index in [1.165, 1.54) is 16.9 Å². The molecule has 1 aromatic heterocycles. The number of hydrogen-bond donors (Lipinski definition) is 2. The van der Waals surface area contributed by atoms with Gasteiger partial charge in [-0.3, -0.25) is 9.52 Å². The minimum atomic E-state index is -5.53. The highest BCUT2D eigenvalue weighted by Crippen LogP contribution is 2.27. The number of anilines is 1. The number of nitrogens with one attached hydrogen (secondary N) is 2. The molecule has 0 aliphatic heterocycles. The molecule has 0 spiro atoms. The molecule has 1 amide bonds. The lowest BCUT2D eigenvalue weighted by molar-refractivity contribution is -0.0429. The fraction of sp³-hybridized carbons (Fsp3) is 0.286. The van der Waals surface area contributed by atoms with Crippen LogP contribution in [-0.2, 0) is 22.0 Å². The Morgan fingerprint density at radius 1 is 0.970 bits per heavy atom. The van der Waals surface area contributed by atoms with Crippen molar-refractivity contribution in [1.29, 1.82) is 0 Å². The van der Waals surface area contributed by atoms with Crippen molar-refractivity contribution in [1.82, 2.24) is 15.5 Å². The molecule has 0 aliphatic rings. The van der Waals surface area contributed by atoms with Crippen LogP contribution in [0, 0.1) is 0 Å². The molecule has 1 heterocycles. The minimum Gasteiger partial charge on any atom is -0.412 e. The van der Waals surface area contributed by atoms with Crippen LogP contribution < -0.4 is 10.0 Å². The molecule has 33 heavy (non-hydrogen) atoms. The smallest absolute Gasteiger partial charge is 0.412 e. The van der Waals surface area contributed by atoms with E-state index in [9.17, 15) is 26.4 Å². The Bertz CT molecular complexity index is 1230. The standard InChI is InChI=1S/C21H21F3N4O4S/c1-20(2,3)15-8-4-13(5-9-15)12-25-17(29)19-27-26-18(32-19)14-6-10-16(11-7-14)28-33(30,31)21(22,23)24/h4-11,28H,12H2,1-3H3,(H,25,29). The van der Waals surface area contributed by atoms with Crippen molar-refractivity contribution in [3.8, 4) is 11.5 Å². The van der Waals surface area contributed by atoms with Crippen LogP contribution in [-0.4, -0.2) is 30.0 Å². The van der Waals surface area contributed by atoms with Crippen LogP contribution in [0.4, 0.5) is 18.9 Å². The summed E-state index contributed by atoms with van der Waals surface area (Å²) in [5.41, 5.74) is -3.39. The van der Waals surface area contributed by atoms with Gasteiger partial charge in [-0.05, 0) is 40.8 Å². The first-order chi connectivity index (χ1) is 15.3. The SMILES string of the molecule is CC(C)(C)c1ccc(CNC(=O)c2nnc(-c3ccc(NS(=O)(=O)C(F)(F)F)cc3)o2)cc1. The second-order valence-corrected chi connectivity index (χ2v) is 9.84. The third-order valence-electron chi connectivity index (χ3n) is 4.58. The second kappa shape index (κ2) is 8.85. The number of alkyl halides is 3. The van der Waals surface area contributed by atoms with Gasteiger partial charge in [-0.1, -0.05) is 45.0 Å². The van der Waals surface area contributed by atoms with Crippen LogP contribution in [0.2, 0.25) is 0 Å². The lowest BCUT2D eigenvalue weighted by atomic mass is 9.87. The Morgan fingerprint density at radius 3 is 2.12 bits per heavy atom. The maximum atomic E-state index is 12.5. The molecule has 8 nitrogen and oxygen atoms in total. The maximum Gasteiger partial charge on any atom is 0.516 e. The van der Waals surface area contributed by atoms with Crippen molar-refractivity contribution in [2.75, 3.05) is 4.72 Å². The molecule has 0 atom stereocenters. The van der Waals surface area contributed by atoms with E-state index < -0.39 is 21.4 Å². The lowest BCUT2D eigenvalue weighted by Crippen LogP contribution is -2.29. The molecule has 0 radical (unpaired) electrons. The predicted molar refractivity (Wildman–Crippen MR) is 115 cm³/mol. The van der Waals surface area contributed by atoms with Gasteiger partial charge >= 0.3 is 27.3 Å². The molecule has 0 saturated carbocycles. The average molecular weight is 482 g/mol. The second-order valence-electron chi connectivity index (χ2n) is 8.17. The van der Waals surface area contributed by atoms with Gasteiger partial charge in [0, 0.05) is 17.8 Å². The zero-order chi connectivity index (χ0) is 24.4. The van der Waals surface area contributed by atoms with Gasteiger partial charge in [0.15, 0.2) is 0 Å². The summed E-state index contributed by atoms with van der Waals surface area (Å²) >= 11 is 0. The molecule has 176 valence electrons. The van der Waals surface area contributed by atoms with Crippen molar-refractivity contribution in [3.05, 3.63) is 65.5 Å². The van der Waals surface area contributed by atoms with Crippen LogP contribution in [0.15, 0.2) is 52.9 Å². The summed E-state index contributed by atoms with van der Waals surface area (Å²) in [6.07, 6.45) is 0. The van der Waals surface area contributed by atoms with Crippen molar-refractivity contribution in [2.45, 2.75) is 38.2 Å². The Balaban J connectivity index is 1.63. The van der Waals surface area contributed by atoms with Crippen molar-refractivity contribution in [3.63, 3.8) is 0 Å². The number of rotatable bonds is 6. The largest absolute Gasteiger partial charge is 0.516 e. The molecular weight excluding hydrogens is 461 g/mol. The average Bonchev–Trinajstić information content (AvgIpc) is 3.21. The summed E-state index contributed by atoms with van der Waals surface area (Å²) in [4.78, 5) is 12.3. The third-order valence-corrected chi connectivity index (χ3v) is 5.69. The summed E-state index contributed by atoms with van der Waals surface area (Å²) in [5.74, 6) is -0.943. The summed E-state index contributed by atoms with van der Waals surface area (Å²) in [5, 5.41) is 10.1. The van der Waals surface area contributed by atoms with Gasteiger partial charge < -0.3 is 9.73 Å². The van der Waals surface area contributed by atoms with E-state index in [1.54, 1.807) is 0 Å². The molecule has 2 N–H and O–H groups in total. The Morgan fingerprint density at radius 2 is 1.58 bits per heavy atom. The van der Waals surface area contributed by atoms with Crippen LogP contribution >= 0.6 is 0 Å². The van der Waals surface area contributed by atoms with Crippen LogP contribution in [0.5, 0.6) is 0 Å². The molecule has 0 saturated heterocycles. The van der Waals surface area contributed by atoms with E-state index in [4.69, 9.17) is 4.42 Å². The molecule has 0 aliphatic carbocycles. The number of carbonyl (C=O) groups excluding carboxylic acids is 1. The molecule has 12 heteroatoms. The normalized spacial score (nSPS) is 12.4. The Hall–Kier alpha value is -3.41. The summed E-state index contributed by atoms with van der Waals surface area (Å²) in [6, 6.07) is 12.6. The van der Waals surface area contributed by atoms with Crippen molar-refractivity contribution >= 4 is 21.6 Å². The number of nitrogens with zero attached hydrogens (tertiary/aromatic N) is 2. The first-order valence-corrected chi connectivity index (χ1v) is 11.2. The van der Waals surface area contributed by atoms with E-state index in [0.29, 0.717) is 0 Å². The quantitative estimate of drug-likeness (QED) is 0.544. The molecule has 0 bridgehead atoms. The van der Waals surface area contributed by atoms with E-state index >= 15 is 0 Å². The number of aromatic nitrogens is 2. The van der Waals surface area contributed by atoms with Gasteiger partial charge in [0.25, 0.3) is 0 Å². The predicted octanol–water partition coefficient (Wildman–Crippen LogP) is 4.23. The van der Waals surface area contributed by atoms with Gasteiger partial charge in [-0.25, -0.2) is 0 Å². The third kappa shape index (κ3) is 5.89. The maximum absolute atomic E-state index is 12.5. The minimum absolute atomic E-state index is 0.0167. The van der Waals surface area contributed by atoms with Gasteiger partial charge in [0.1, 0.15) is 0 Å². The molecule has 0 fully saturated rings. The highest BCUT2D eigenvalue weighted by molar-refractivity contribution is 7.93. The van der Waals surface area contributed by atoms with Crippen LogP contribution in [0.3, 0.4) is 0 Å². The highest BCUT2D eigenvalue weighted by atomic mass is 32.2. The number of benzene rings is 2. The number of halogens is 3. The fourth-order valence-electron chi connectivity index (χ4n) is 2.71. The zero-order valence-electron chi connectivity index (χ0n) is 17.9. The highest BCUT2D eigenvalue weighted by Gasteiger charge is 2.46. The zero-order valence-corrected chi connectivity index (χ0v) is 18.7. The first-order valence-electron chi connectivity index (χ1n) is 9.67. The summed E-state index contributed by atoms with van der Waals surface area (Å²) in [6.45, 7) is 6.55. The lowest BCUT2D eigenvalue weighted by Gasteiger charge is -2.19. The summed E-state index contributed by atoms with van der Waals surface area (Å²) in [7, 11) is -5.53. The molecule has 3 rings (SSSR count). The Kier molecular flexibility index (Phi) is 6.50. The van der Waals surface area contributed by atoms with Crippen LogP contribution in [0.1, 0.15) is 42.6 Å². The molecular formula is C21H21F3N4O4S. The molecule has 0 unspecified atom stereocenters. The van der Waals surface area contributed by atoms with E-state index in [-0.39, 0.29) is 35.0 Å². The number of hydrogen-bond acceptors (Lipinski definition) is 6. The number of amides is 1. The molecule has 3 aromatic rings. The van der Waals surface area contributed by atoms with Gasteiger partial charge in [-0.15, -0.1) is 10.2 Å². The van der Waals surface area contributed by atoms with Crippen molar-refractivity contribution < 1.29 is 30.8 Å². The van der Waals surface area contributed by atoms with Gasteiger partial charge in [0.2, 0.25) is 5.89 Å². The first kappa shape index (κ1) is 24.2. The van der Waals surface area contributed by atoms with E-state index in [1.807, 2.05) is 24.3 Å². The van der Waals surface area contributed by atoms with Gasteiger partial charge in [0.05, 0.1) is 0 Å². The Labute approximate surface area is 188 Å². The number of sulfonamides is 1. The fourth-order valence-corrected chi connectivity index (χ4v) is 3.27. The monoisotopic (exact) mass is 482 g/mol. The summed E-state index contributed by atoms with van der Waals surface area (Å²) < 4.78 is 66.4.